The molecule has 0 amide bonds. The van der Waals surface area contributed by atoms with Crippen molar-refractivity contribution in [3.05, 3.63) is 30.3 Å². The number of para-hydroxylation sites is 1. The minimum Gasteiger partial charge on any atom is -0.431 e. The number of piperidine rings is 1. The van der Waals surface area contributed by atoms with Crippen LogP contribution >= 0.6 is 12.4 Å². The fraction of sp³-hybridized carbons (Fsp3) is 0.533. The van der Waals surface area contributed by atoms with Crippen molar-refractivity contribution in [2.75, 3.05) is 7.05 Å². The van der Waals surface area contributed by atoms with E-state index in [1.807, 2.05) is 18.2 Å². The lowest BCUT2D eigenvalue weighted by Gasteiger charge is -2.35. The van der Waals surface area contributed by atoms with Crippen LogP contribution < -0.4 is 4.74 Å². The van der Waals surface area contributed by atoms with Crippen LogP contribution in [0.25, 0.3) is 0 Å². The van der Waals surface area contributed by atoms with Crippen LogP contribution in [0.5, 0.6) is 5.75 Å². The minimum atomic E-state index is -0.583. The highest BCUT2D eigenvalue weighted by atomic mass is 35.5. The lowest BCUT2D eigenvalue weighted by molar-refractivity contribution is 0.00748. The molecular weight excluding hydrogens is 278 g/mol. The van der Waals surface area contributed by atoms with Crippen molar-refractivity contribution in [2.45, 2.75) is 43.9 Å². The van der Waals surface area contributed by atoms with Gasteiger partial charge in [0.1, 0.15) is 11.9 Å². The molecule has 0 aromatic heterocycles. The normalized spacial score (nSPS) is 28.6. The smallest absolute Gasteiger partial charge is 0.431 e. The Labute approximate surface area is 125 Å². The number of carbonyl (C=O) groups is 1. The summed E-state index contributed by atoms with van der Waals surface area (Å²) in [5, 5.41) is 0. The molecule has 110 valence electrons. The maximum absolute atomic E-state index is 11.7. The van der Waals surface area contributed by atoms with E-state index in [4.69, 9.17) is 9.47 Å². The van der Waals surface area contributed by atoms with Gasteiger partial charge in [0, 0.05) is 24.9 Å². The summed E-state index contributed by atoms with van der Waals surface area (Å²) in [5.41, 5.74) is 0. The van der Waals surface area contributed by atoms with Gasteiger partial charge in [0.25, 0.3) is 0 Å². The molecule has 2 fully saturated rings. The molecule has 0 spiro atoms. The van der Waals surface area contributed by atoms with Crippen molar-refractivity contribution in [2.24, 2.45) is 0 Å². The average molecular weight is 298 g/mol. The maximum Gasteiger partial charge on any atom is 0.514 e. The Morgan fingerprint density at radius 3 is 2.35 bits per heavy atom. The van der Waals surface area contributed by atoms with Crippen molar-refractivity contribution >= 4 is 18.6 Å². The number of ether oxygens (including phenoxy) is 2. The number of hydrogen-bond acceptors (Lipinski definition) is 4. The molecule has 3 atom stereocenters. The van der Waals surface area contributed by atoms with Gasteiger partial charge in [-0.25, -0.2) is 4.79 Å². The molecule has 0 N–H and O–H groups in total. The highest BCUT2D eigenvalue weighted by molar-refractivity contribution is 5.85. The van der Waals surface area contributed by atoms with E-state index in [1.54, 1.807) is 12.1 Å². The van der Waals surface area contributed by atoms with E-state index in [1.165, 1.54) is 12.8 Å². The average Bonchev–Trinajstić information content (AvgIpc) is 2.63. The van der Waals surface area contributed by atoms with Gasteiger partial charge in [0.2, 0.25) is 0 Å². The van der Waals surface area contributed by atoms with Crippen LogP contribution in [0.4, 0.5) is 4.79 Å². The molecule has 2 saturated heterocycles. The molecule has 20 heavy (non-hydrogen) atoms. The van der Waals surface area contributed by atoms with Gasteiger partial charge in [-0.3, -0.25) is 0 Å². The summed E-state index contributed by atoms with van der Waals surface area (Å²) in [7, 11) is 2.17. The third-order valence-electron chi connectivity index (χ3n) is 4.26. The number of fused-ring (bicyclic) bond motifs is 2. The van der Waals surface area contributed by atoms with Crippen LogP contribution in [0.3, 0.4) is 0 Å². The van der Waals surface area contributed by atoms with Crippen LogP contribution in [0.2, 0.25) is 0 Å². The molecule has 2 aliphatic rings. The summed E-state index contributed by atoms with van der Waals surface area (Å²) < 4.78 is 10.6. The molecule has 4 nitrogen and oxygen atoms in total. The summed E-state index contributed by atoms with van der Waals surface area (Å²) in [4.78, 5) is 14.2. The molecule has 1 aromatic carbocycles. The molecule has 1 aromatic rings. The highest BCUT2D eigenvalue weighted by Crippen LogP contribution is 2.35. The van der Waals surface area contributed by atoms with Crippen molar-refractivity contribution in [1.29, 1.82) is 0 Å². The molecular formula is C15H20ClNO3. The third-order valence-corrected chi connectivity index (χ3v) is 4.26. The second kappa shape index (κ2) is 6.46. The van der Waals surface area contributed by atoms with Gasteiger partial charge in [-0.2, -0.15) is 0 Å². The van der Waals surface area contributed by atoms with E-state index in [-0.39, 0.29) is 18.5 Å². The topological polar surface area (TPSA) is 38.8 Å². The van der Waals surface area contributed by atoms with E-state index < -0.39 is 6.16 Å². The Morgan fingerprint density at radius 2 is 1.75 bits per heavy atom. The van der Waals surface area contributed by atoms with Gasteiger partial charge >= 0.3 is 6.16 Å². The van der Waals surface area contributed by atoms with Crippen LogP contribution in [0.1, 0.15) is 25.7 Å². The largest absolute Gasteiger partial charge is 0.514 e. The Balaban J connectivity index is 0.00000147. The Hall–Kier alpha value is -1.26. The predicted octanol–water partition coefficient (Wildman–Crippen LogP) is 3.25. The first-order valence-corrected chi connectivity index (χ1v) is 6.88. The zero-order chi connectivity index (χ0) is 13.2. The van der Waals surface area contributed by atoms with Crippen LogP contribution in [0.15, 0.2) is 30.3 Å². The van der Waals surface area contributed by atoms with E-state index in [0.717, 1.165) is 12.8 Å². The molecule has 3 rings (SSSR count). The van der Waals surface area contributed by atoms with E-state index in [2.05, 4.69) is 11.9 Å². The van der Waals surface area contributed by atoms with Crippen molar-refractivity contribution < 1.29 is 14.3 Å². The van der Waals surface area contributed by atoms with E-state index in [0.29, 0.717) is 17.8 Å². The molecule has 2 bridgehead atoms. The van der Waals surface area contributed by atoms with Gasteiger partial charge in [-0.15, -0.1) is 12.4 Å². The second-order valence-electron chi connectivity index (χ2n) is 5.43. The molecule has 5 heteroatoms. The molecule has 2 aliphatic heterocycles. The number of carbonyl (C=O) groups excluding carboxylic acids is 1. The number of hydrogen-bond donors (Lipinski definition) is 0. The van der Waals surface area contributed by atoms with Crippen LogP contribution in [-0.2, 0) is 4.74 Å². The summed E-state index contributed by atoms with van der Waals surface area (Å²) in [6.45, 7) is 0. The van der Waals surface area contributed by atoms with E-state index >= 15 is 0 Å². The Morgan fingerprint density at radius 1 is 1.15 bits per heavy atom. The maximum atomic E-state index is 11.7. The van der Waals surface area contributed by atoms with Crippen LogP contribution in [-0.4, -0.2) is 36.3 Å². The molecule has 1 unspecified atom stereocenters. The molecule has 2 heterocycles. The minimum absolute atomic E-state index is 0. The summed E-state index contributed by atoms with van der Waals surface area (Å²) >= 11 is 0. The lowest BCUT2D eigenvalue weighted by atomic mass is 10.0. The summed E-state index contributed by atoms with van der Waals surface area (Å²) in [5.74, 6) is 0.531. The first kappa shape index (κ1) is 15.1. The first-order chi connectivity index (χ1) is 9.22. The number of halogens is 1. The fourth-order valence-corrected chi connectivity index (χ4v) is 3.20. The highest BCUT2D eigenvalue weighted by Gasteiger charge is 2.40. The Kier molecular flexibility index (Phi) is 4.89. The zero-order valence-corrected chi connectivity index (χ0v) is 12.3. The van der Waals surface area contributed by atoms with Crippen molar-refractivity contribution in [3.63, 3.8) is 0 Å². The molecule has 0 saturated carbocycles. The van der Waals surface area contributed by atoms with E-state index in [9.17, 15) is 4.79 Å². The second-order valence-corrected chi connectivity index (χ2v) is 5.43. The van der Waals surface area contributed by atoms with Gasteiger partial charge in [0.05, 0.1) is 0 Å². The van der Waals surface area contributed by atoms with Gasteiger partial charge in [-0.05, 0) is 32.0 Å². The monoisotopic (exact) mass is 297 g/mol. The number of nitrogens with zero attached hydrogens (tertiary/aromatic N) is 1. The van der Waals surface area contributed by atoms with Gasteiger partial charge in [-0.1, -0.05) is 18.2 Å². The first-order valence-electron chi connectivity index (χ1n) is 6.88. The standard InChI is InChI=1S/C15H19NO3.ClH/c1-16-11-7-8-12(16)10-14(9-11)19-15(17)18-13-5-3-2-4-6-13;/h2-6,11-12,14H,7-10H2,1H3;1H/t11-,12+,14?;. The lowest BCUT2D eigenvalue weighted by Crippen LogP contribution is -2.43. The number of rotatable bonds is 2. The van der Waals surface area contributed by atoms with Crippen molar-refractivity contribution in [1.82, 2.24) is 4.90 Å². The Bertz CT molecular complexity index is 440. The summed E-state index contributed by atoms with van der Waals surface area (Å²) in [6, 6.07) is 10.2. The van der Waals surface area contributed by atoms with Crippen molar-refractivity contribution in [3.8, 4) is 5.75 Å². The fourth-order valence-electron chi connectivity index (χ4n) is 3.20. The summed E-state index contributed by atoms with van der Waals surface area (Å²) in [6.07, 6.45) is 3.71. The third kappa shape index (κ3) is 3.25. The quantitative estimate of drug-likeness (QED) is 0.620. The van der Waals surface area contributed by atoms with Gasteiger partial charge in [0.15, 0.2) is 0 Å². The zero-order valence-electron chi connectivity index (χ0n) is 11.5. The SMILES string of the molecule is CN1[C@@H]2CC[C@H]1CC(OC(=O)Oc1ccccc1)C2.Cl. The molecule has 0 radical (unpaired) electrons. The van der Waals surface area contributed by atoms with Gasteiger partial charge < -0.3 is 14.4 Å². The van der Waals surface area contributed by atoms with Crippen LogP contribution in [0, 0.1) is 0 Å². The number of benzene rings is 1. The molecule has 0 aliphatic carbocycles. The predicted molar refractivity (Wildman–Crippen MR) is 78.4 cm³/mol.